The number of H-pyrrole nitrogens is 1. The fourth-order valence-electron chi connectivity index (χ4n) is 1.74. The van der Waals surface area contributed by atoms with Gasteiger partial charge in [-0.2, -0.15) is 5.26 Å². The van der Waals surface area contributed by atoms with Gasteiger partial charge in [-0.05, 0) is 18.9 Å². The van der Waals surface area contributed by atoms with Crippen molar-refractivity contribution in [1.29, 1.82) is 5.26 Å². The van der Waals surface area contributed by atoms with E-state index < -0.39 is 0 Å². The van der Waals surface area contributed by atoms with Crippen LogP contribution < -0.4 is 0 Å². The molecule has 0 radical (unpaired) electrons. The van der Waals surface area contributed by atoms with Crippen LogP contribution in [0.4, 0.5) is 0 Å². The van der Waals surface area contributed by atoms with Gasteiger partial charge in [-0.3, -0.25) is 0 Å². The highest BCUT2D eigenvalue weighted by molar-refractivity contribution is 5.82. The normalized spacial score (nSPS) is 10.5. The van der Waals surface area contributed by atoms with Crippen molar-refractivity contribution in [2.75, 3.05) is 0 Å². The third-order valence-electron chi connectivity index (χ3n) is 2.39. The number of hydrogen-bond acceptors (Lipinski definition) is 3. The standard InChI is InChI=1S/C11H12N4/c1-3-4-8-10-7(2)6-13-11(10)15-9(5-12)14-8/h6H,3-4H2,1-2H3,(H,13,14,15). The average molecular weight is 200 g/mol. The molecule has 0 fully saturated rings. The summed E-state index contributed by atoms with van der Waals surface area (Å²) < 4.78 is 0. The Morgan fingerprint density at radius 2 is 2.27 bits per heavy atom. The number of aromatic nitrogens is 3. The number of nitrogens with zero attached hydrogens (tertiary/aromatic N) is 3. The number of fused-ring (bicyclic) bond motifs is 1. The van der Waals surface area contributed by atoms with Gasteiger partial charge in [0.25, 0.3) is 0 Å². The van der Waals surface area contributed by atoms with Crippen molar-refractivity contribution >= 4 is 11.0 Å². The van der Waals surface area contributed by atoms with Crippen molar-refractivity contribution in [1.82, 2.24) is 15.0 Å². The van der Waals surface area contributed by atoms with Crippen LogP contribution in [0.15, 0.2) is 6.20 Å². The molecule has 2 aromatic heterocycles. The van der Waals surface area contributed by atoms with E-state index in [-0.39, 0.29) is 5.82 Å². The molecule has 0 aromatic carbocycles. The van der Waals surface area contributed by atoms with Gasteiger partial charge in [0.05, 0.1) is 5.69 Å². The summed E-state index contributed by atoms with van der Waals surface area (Å²) in [6.45, 7) is 4.12. The van der Waals surface area contributed by atoms with Crippen LogP contribution in [0.25, 0.3) is 11.0 Å². The predicted octanol–water partition coefficient (Wildman–Crippen LogP) is 2.09. The fraction of sp³-hybridized carbons (Fsp3) is 0.364. The SMILES string of the molecule is CCCc1nc(C#N)nc2[nH]cc(C)c12. The summed E-state index contributed by atoms with van der Waals surface area (Å²) in [5, 5.41) is 9.87. The number of hydrogen-bond donors (Lipinski definition) is 1. The van der Waals surface area contributed by atoms with Crippen LogP contribution in [0.2, 0.25) is 0 Å². The van der Waals surface area contributed by atoms with Gasteiger partial charge in [-0.15, -0.1) is 0 Å². The Kier molecular flexibility index (Phi) is 2.38. The van der Waals surface area contributed by atoms with E-state index in [2.05, 4.69) is 21.9 Å². The lowest BCUT2D eigenvalue weighted by molar-refractivity contribution is 0.880. The summed E-state index contributed by atoms with van der Waals surface area (Å²) in [6.07, 6.45) is 3.80. The van der Waals surface area contributed by atoms with Gasteiger partial charge in [-0.1, -0.05) is 13.3 Å². The molecule has 0 aliphatic rings. The van der Waals surface area contributed by atoms with Gasteiger partial charge in [0, 0.05) is 11.6 Å². The lowest BCUT2D eigenvalue weighted by Crippen LogP contribution is -1.97. The van der Waals surface area contributed by atoms with Crippen molar-refractivity contribution in [3.63, 3.8) is 0 Å². The van der Waals surface area contributed by atoms with Gasteiger partial charge in [0.2, 0.25) is 5.82 Å². The highest BCUT2D eigenvalue weighted by Gasteiger charge is 2.10. The smallest absolute Gasteiger partial charge is 0.234 e. The molecular weight excluding hydrogens is 188 g/mol. The van der Waals surface area contributed by atoms with Crippen LogP contribution in [0.3, 0.4) is 0 Å². The molecule has 0 aliphatic heterocycles. The molecule has 0 saturated heterocycles. The Morgan fingerprint density at radius 3 is 2.93 bits per heavy atom. The molecule has 4 heteroatoms. The lowest BCUT2D eigenvalue weighted by atomic mass is 10.1. The monoisotopic (exact) mass is 200 g/mol. The highest BCUT2D eigenvalue weighted by Crippen LogP contribution is 2.20. The topological polar surface area (TPSA) is 65.4 Å². The van der Waals surface area contributed by atoms with Gasteiger partial charge in [0.15, 0.2) is 0 Å². The van der Waals surface area contributed by atoms with E-state index in [0.717, 1.165) is 35.1 Å². The Balaban J connectivity index is 2.72. The van der Waals surface area contributed by atoms with Gasteiger partial charge < -0.3 is 4.98 Å². The van der Waals surface area contributed by atoms with E-state index in [0.29, 0.717) is 0 Å². The van der Waals surface area contributed by atoms with E-state index in [1.54, 1.807) is 0 Å². The van der Waals surface area contributed by atoms with Crippen LogP contribution in [0, 0.1) is 18.3 Å². The Morgan fingerprint density at radius 1 is 1.47 bits per heavy atom. The highest BCUT2D eigenvalue weighted by atomic mass is 14.9. The third-order valence-corrected chi connectivity index (χ3v) is 2.39. The van der Waals surface area contributed by atoms with Gasteiger partial charge in [-0.25, -0.2) is 9.97 Å². The zero-order valence-corrected chi connectivity index (χ0v) is 8.83. The molecular formula is C11H12N4. The van der Waals surface area contributed by atoms with E-state index in [9.17, 15) is 0 Å². The van der Waals surface area contributed by atoms with Crippen LogP contribution in [0.5, 0.6) is 0 Å². The molecule has 0 saturated carbocycles. The first-order valence-electron chi connectivity index (χ1n) is 5.01. The fourth-order valence-corrected chi connectivity index (χ4v) is 1.74. The van der Waals surface area contributed by atoms with Crippen LogP contribution in [-0.4, -0.2) is 15.0 Å². The molecule has 0 bridgehead atoms. The van der Waals surface area contributed by atoms with Crippen molar-refractivity contribution in [2.45, 2.75) is 26.7 Å². The Hall–Kier alpha value is -1.89. The first kappa shape index (κ1) is 9.66. The second kappa shape index (κ2) is 3.70. The summed E-state index contributed by atoms with van der Waals surface area (Å²) in [7, 11) is 0. The minimum atomic E-state index is 0.243. The maximum Gasteiger partial charge on any atom is 0.234 e. The third kappa shape index (κ3) is 1.57. The summed E-state index contributed by atoms with van der Waals surface area (Å²) in [5.74, 6) is 0.243. The van der Waals surface area contributed by atoms with Crippen LogP contribution in [0.1, 0.15) is 30.4 Å². The molecule has 76 valence electrons. The first-order valence-corrected chi connectivity index (χ1v) is 5.01. The molecule has 2 aromatic rings. The molecule has 0 aliphatic carbocycles. The Bertz CT molecular complexity index is 533. The second-order valence-corrected chi connectivity index (χ2v) is 3.55. The Labute approximate surface area is 88.0 Å². The quantitative estimate of drug-likeness (QED) is 0.807. The minimum Gasteiger partial charge on any atom is -0.346 e. The summed E-state index contributed by atoms with van der Waals surface area (Å²) in [4.78, 5) is 11.4. The van der Waals surface area contributed by atoms with E-state index in [4.69, 9.17) is 5.26 Å². The lowest BCUT2D eigenvalue weighted by Gasteiger charge is -2.01. The van der Waals surface area contributed by atoms with E-state index in [1.165, 1.54) is 0 Å². The van der Waals surface area contributed by atoms with Crippen molar-refractivity contribution in [3.8, 4) is 6.07 Å². The molecule has 0 unspecified atom stereocenters. The van der Waals surface area contributed by atoms with Gasteiger partial charge in [0.1, 0.15) is 11.7 Å². The molecule has 0 spiro atoms. The molecule has 2 rings (SSSR count). The summed E-state index contributed by atoms with van der Waals surface area (Å²) in [6, 6.07) is 1.98. The maximum atomic E-state index is 8.81. The molecule has 15 heavy (non-hydrogen) atoms. The molecule has 0 amide bonds. The number of rotatable bonds is 2. The average Bonchev–Trinajstić information content (AvgIpc) is 2.61. The minimum absolute atomic E-state index is 0.243. The molecule has 0 atom stereocenters. The van der Waals surface area contributed by atoms with Crippen molar-refractivity contribution < 1.29 is 0 Å². The number of aryl methyl sites for hydroxylation is 2. The van der Waals surface area contributed by atoms with E-state index in [1.807, 2.05) is 19.2 Å². The van der Waals surface area contributed by atoms with Crippen LogP contribution >= 0.6 is 0 Å². The summed E-state index contributed by atoms with van der Waals surface area (Å²) in [5.41, 5.74) is 2.87. The largest absolute Gasteiger partial charge is 0.346 e. The van der Waals surface area contributed by atoms with Gasteiger partial charge >= 0.3 is 0 Å². The number of nitrogens with one attached hydrogen (secondary N) is 1. The number of aromatic amines is 1. The van der Waals surface area contributed by atoms with E-state index >= 15 is 0 Å². The predicted molar refractivity (Wildman–Crippen MR) is 57.3 cm³/mol. The van der Waals surface area contributed by atoms with Crippen LogP contribution in [-0.2, 0) is 6.42 Å². The molecule has 1 N–H and O–H groups in total. The number of nitriles is 1. The van der Waals surface area contributed by atoms with Crippen molar-refractivity contribution in [2.24, 2.45) is 0 Å². The van der Waals surface area contributed by atoms with Crippen molar-refractivity contribution in [3.05, 3.63) is 23.3 Å². The molecule has 4 nitrogen and oxygen atoms in total. The maximum absolute atomic E-state index is 8.81. The molecule has 2 heterocycles. The first-order chi connectivity index (χ1) is 7.26. The zero-order valence-electron chi connectivity index (χ0n) is 8.83. The zero-order chi connectivity index (χ0) is 10.8. The summed E-state index contributed by atoms with van der Waals surface area (Å²) >= 11 is 0. The second-order valence-electron chi connectivity index (χ2n) is 3.55.